The van der Waals surface area contributed by atoms with Crippen molar-refractivity contribution in [2.24, 2.45) is 0 Å². The van der Waals surface area contributed by atoms with Gasteiger partial charge in [0.1, 0.15) is 0 Å². The predicted molar refractivity (Wildman–Crippen MR) is 75.3 cm³/mol. The minimum Gasteiger partial charge on any atom is -0.394 e. The summed E-state index contributed by atoms with van der Waals surface area (Å²) in [6.45, 7) is 3.15. The smallest absolute Gasteiger partial charge is 0.269 e. The molecular weight excluding hydrogens is 276 g/mol. The van der Waals surface area contributed by atoms with Gasteiger partial charge in [0.2, 0.25) is 0 Å². The Balaban J connectivity index is 1.98. The van der Waals surface area contributed by atoms with Crippen molar-refractivity contribution in [3.05, 3.63) is 39.9 Å². The van der Waals surface area contributed by atoms with E-state index in [0.29, 0.717) is 18.7 Å². The predicted octanol–water partition coefficient (Wildman–Crippen LogP) is 0.859. The Morgan fingerprint density at radius 2 is 2.10 bits per heavy atom. The van der Waals surface area contributed by atoms with Gasteiger partial charge in [-0.3, -0.25) is 19.8 Å². The highest BCUT2D eigenvalue weighted by molar-refractivity contribution is 5.97. The van der Waals surface area contributed by atoms with E-state index in [2.05, 4.69) is 0 Å². The Morgan fingerprint density at radius 1 is 1.43 bits per heavy atom. The number of hydrogen-bond acceptors (Lipinski definition) is 6. The Labute approximate surface area is 122 Å². The van der Waals surface area contributed by atoms with Crippen LogP contribution in [0.25, 0.3) is 0 Å². The number of Topliss-reactive ketones (excluding diaryl/α,β-unsaturated/α-hetero) is 1. The van der Waals surface area contributed by atoms with E-state index in [0.717, 1.165) is 0 Å². The highest BCUT2D eigenvalue weighted by Crippen LogP contribution is 2.15. The first-order valence-corrected chi connectivity index (χ1v) is 6.76. The zero-order valence-electron chi connectivity index (χ0n) is 11.8. The highest BCUT2D eigenvalue weighted by atomic mass is 16.6. The highest BCUT2D eigenvalue weighted by Gasteiger charge is 2.26. The SMILES string of the molecule is CC1CN(CC(=O)c2ccc([N+](=O)[O-])cc2)CC(CO)O1. The molecule has 2 unspecified atom stereocenters. The van der Waals surface area contributed by atoms with Crippen LogP contribution in [0.4, 0.5) is 5.69 Å². The topological polar surface area (TPSA) is 92.9 Å². The van der Waals surface area contributed by atoms with Crippen molar-refractivity contribution < 1.29 is 19.6 Å². The molecule has 0 radical (unpaired) electrons. The first-order valence-electron chi connectivity index (χ1n) is 6.76. The van der Waals surface area contributed by atoms with Gasteiger partial charge in [-0.25, -0.2) is 0 Å². The van der Waals surface area contributed by atoms with Crippen molar-refractivity contribution in [1.82, 2.24) is 4.90 Å². The Kier molecular flexibility index (Phi) is 5.00. The maximum Gasteiger partial charge on any atom is 0.269 e. The molecule has 1 aromatic carbocycles. The Hall–Kier alpha value is -1.83. The molecule has 0 saturated carbocycles. The lowest BCUT2D eigenvalue weighted by atomic mass is 10.1. The number of morpholine rings is 1. The summed E-state index contributed by atoms with van der Waals surface area (Å²) in [5.74, 6) is -0.101. The van der Waals surface area contributed by atoms with Crippen LogP contribution in [0.5, 0.6) is 0 Å². The van der Waals surface area contributed by atoms with E-state index in [-0.39, 0.29) is 36.8 Å². The molecule has 0 bridgehead atoms. The summed E-state index contributed by atoms with van der Waals surface area (Å²) in [5.41, 5.74) is 0.409. The molecule has 0 aliphatic carbocycles. The van der Waals surface area contributed by atoms with Gasteiger partial charge in [-0.2, -0.15) is 0 Å². The van der Waals surface area contributed by atoms with Gasteiger partial charge in [0, 0.05) is 30.8 Å². The van der Waals surface area contributed by atoms with Crippen molar-refractivity contribution in [2.75, 3.05) is 26.2 Å². The van der Waals surface area contributed by atoms with E-state index in [1.165, 1.54) is 24.3 Å². The van der Waals surface area contributed by atoms with Gasteiger partial charge in [0.25, 0.3) is 5.69 Å². The molecule has 1 aliphatic heterocycles. The number of rotatable bonds is 5. The number of ether oxygens (including phenoxy) is 1. The second-order valence-corrected chi connectivity index (χ2v) is 5.17. The molecule has 1 heterocycles. The monoisotopic (exact) mass is 294 g/mol. The molecular formula is C14H18N2O5. The first kappa shape index (κ1) is 15.6. The van der Waals surface area contributed by atoms with Crippen LogP contribution in [0.3, 0.4) is 0 Å². The fourth-order valence-corrected chi connectivity index (χ4v) is 2.43. The fourth-order valence-electron chi connectivity index (χ4n) is 2.43. The van der Waals surface area contributed by atoms with E-state index in [4.69, 9.17) is 9.84 Å². The summed E-state index contributed by atoms with van der Waals surface area (Å²) in [6.07, 6.45) is -0.320. The number of aliphatic hydroxyl groups excluding tert-OH is 1. The summed E-state index contributed by atoms with van der Waals surface area (Å²) in [4.78, 5) is 24.2. The fraction of sp³-hybridized carbons (Fsp3) is 0.500. The third-order valence-corrected chi connectivity index (χ3v) is 3.37. The number of nitro benzene ring substituents is 1. The lowest BCUT2D eigenvalue weighted by molar-refractivity contribution is -0.384. The van der Waals surface area contributed by atoms with Crippen LogP contribution in [0, 0.1) is 10.1 Å². The molecule has 1 saturated heterocycles. The first-order chi connectivity index (χ1) is 9.99. The molecule has 1 aromatic rings. The van der Waals surface area contributed by atoms with Crippen molar-refractivity contribution in [1.29, 1.82) is 0 Å². The second kappa shape index (κ2) is 6.75. The van der Waals surface area contributed by atoms with Crippen LogP contribution in [-0.2, 0) is 4.74 Å². The van der Waals surface area contributed by atoms with Crippen molar-refractivity contribution >= 4 is 11.5 Å². The average Bonchev–Trinajstić information content (AvgIpc) is 2.46. The van der Waals surface area contributed by atoms with E-state index in [9.17, 15) is 14.9 Å². The molecule has 0 amide bonds. The van der Waals surface area contributed by atoms with Crippen molar-refractivity contribution in [3.8, 4) is 0 Å². The van der Waals surface area contributed by atoms with Crippen LogP contribution >= 0.6 is 0 Å². The van der Waals surface area contributed by atoms with E-state index in [1.807, 2.05) is 11.8 Å². The molecule has 0 aromatic heterocycles. The molecule has 2 atom stereocenters. The number of non-ortho nitro benzene ring substituents is 1. The summed E-state index contributed by atoms with van der Waals surface area (Å²) in [5, 5.41) is 19.7. The standard InChI is InChI=1S/C14H18N2O5/c1-10-6-15(7-13(9-17)21-10)8-14(18)11-2-4-12(5-3-11)16(19)20/h2-5,10,13,17H,6-9H2,1H3. The molecule has 7 heteroatoms. The molecule has 21 heavy (non-hydrogen) atoms. The number of ketones is 1. The summed E-state index contributed by atoms with van der Waals surface area (Å²) >= 11 is 0. The van der Waals surface area contributed by atoms with Crippen LogP contribution in [0.1, 0.15) is 17.3 Å². The van der Waals surface area contributed by atoms with Crippen LogP contribution in [-0.4, -0.2) is 59.2 Å². The molecule has 1 aliphatic rings. The number of benzene rings is 1. The molecule has 1 fully saturated rings. The largest absolute Gasteiger partial charge is 0.394 e. The normalized spacial score (nSPS) is 23.0. The average molecular weight is 294 g/mol. The van der Waals surface area contributed by atoms with Gasteiger partial charge < -0.3 is 9.84 Å². The quantitative estimate of drug-likeness (QED) is 0.492. The number of aliphatic hydroxyl groups is 1. The van der Waals surface area contributed by atoms with E-state index < -0.39 is 4.92 Å². The van der Waals surface area contributed by atoms with Crippen molar-refractivity contribution in [3.63, 3.8) is 0 Å². The number of carbonyl (C=O) groups is 1. The summed E-state index contributed by atoms with van der Waals surface area (Å²) in [7, 11) is 0. The zero-order chi connectivity index (χ0) is 15.4. The number of nitrogens with zero attached hydrogens (tertiary/aromatic N) is 2. The Bertz CT molecular complexity index is 517. The van der Waals surface area contributed by atoms with Gasteiger partial charge >= 0.3 is 0 Å². The number of nitro groups is 1. The van der Waals surface area contributed by atoms with Crippen LogP contribution in [0.2, 0.25) is 0 Å². The molecule has 0 spiro atoms. The van der Waals surface area contributed by atoms with Gasteiger partial charge in [0.05, 0.1) is 30.3 Å². The van der Waals surface area contributed by atoms with Gasteiger partial charge in [-0.15, -0.1) is 0 Å². The van der Waals surface area contributed by atoms with Gasteiger partial charge in [0.15, 0.2) is 5.78 Å². The summed E-state index contributed by atoms with van der Waals surface area (Å²) in [6, 6.07) is 5.58. The van der Waals surface area contributed by atoms with E-state index >= 15 is 0 Å². The lowest BCUT2D eigenvalue weighted by Crippen LogP contribution is -2.49. The molecule has 114 valence electrons. The second-order valence-electron chi connectivity index (χ2n) is 5.17. The maximum absolute atomic E-state index is 12.2. The summed E-state index contributed by atoms with van der Waals surface area (Å²) < 4.78 is 5.52. The molecule has 1 N–H and O–H groups in total. The maximum atomic E-state index is 12.2. The lowest BCUT2D eigenvalue weighted by Gasteiger charge is -2.35. The van der Waals surface area contributed by atoms with E-state index in [1.54, 1.807) is 0 Å². The number of hydrogen-bond donors (Lipinski definition) is 1. The molecule has 7 nitrogen and oxygen atoms in total. The van der Waals surface area contributed by atoms with Crippen LogP contribution in [0.15, 0.2) is 24.3 Å². The van der Waals surface area contributed by atoms with Crippen LogP contribution < -0.4 is 0 Å². The minimum atomic E-state index is -0.496. The zero-order valence-corrected chi connectivity index (χ0v) is 11.8. The third-order valence-electron chi connectivity index (χ3n) is 3.37. The van der Waals surface area contributed by atoms with Gasteiger partial charge in [-0.05, 0) is 19.1 Å². The van der Waals surface area contributed by atoms with Crippen molar-refractivity contribution in [2.45, 2.75) is 19.1 Å². The Morgan fingerprint density at radius 3 is 2.67 bits per heavy atom. The van der Waals surface area contributed by atoms with Gasteiger partial charge in [-0.1, -0.05) is 0 Å². The minimum absolute atomic E-state index is 0.0353. The third kappa shape index (κ3) is 4.07. The molecule has 2 rings (SSSR count). The number of carbonyl (C=O) groups excluding carboxylic acids is 1.